The average Bonchev–Trinajstić information content (AvgIpc) is 2.97. The van der Waals surface area contributed by atoms with Gasteiger partial charge in [-0.05, 0) is 12.8 Å². The van der Waals surface area contributed by atoms with E-state index >= 15 is 0 Å². The quantitative estimate of drug-likeness (QED) is 0.769. The molecule has 0 N–H and O–H groups in total. The molecule has 0 unspecified atom stereocenters. The van der Waals surface area contributed by atoms with Crippen LogP contribution in [0, 0.1) is 12.8 Å². The van der Waals surface area contributed by atoms with Crippen LogP contribution in [0.5, 0.6) is 0 Å². The standard InChI is InChI=1S/C13H19N5O2/c1-9(2)6-18-12(15-8-16-18)7-17-10(3)14-5-11(17)13(19)20-4/h5,8-9H,6-7H2,1-4H3. The Hall–Kier alpha value is -2.18. The van der Waals surface area contributed by atoms with Gasteiger partial charge in [0.25, 0.3) is 0 Å². The van der Waals surface area contributed by atoms with Crippen molar-refractivity contribution < 1.29 is 9.53 Å². The number of aryl methyl sites for hydroxylation is 1. The van der Waals surface area contributed by atoms with E-state index in [1.165, 1.54) is 19.6 Å². The lowest BCUT2D eigenvalue weighted by Gasteiger charge is -2.11. The second kappa shape index (κ2) is 5.85. The summed E-state index contributed by atoms with van der Waals surface area (Å²) in [7, 11) is 1.36. The molecule has 0 spiro atoms. The van der Waals surface area contributed by atoms with Crippen molar-refractivity contribution in [2.45, 2.75) is 33.9 Å². The second-order valence-corrected chi connectivity index (χ2v) is 5.02. The van der Waals surface area contributed by atoms with Gasteiger partial charge in [0.15, 0.2) is 0 Å². The van der Waals surface area contributed by atoms with Gasteiger partial charge >= 0.3 is 5.97 Å². The fourth-order valence-electron chi connectivity index (χ4n) is 1.99. The molecule has 0 saturated carbocycles. The monoisotopic (exact) mass is 277 g/mol. The number of rotatable bonds is 5. The van der Waals surface area contributed by atoms with Crippen molar-refractivity contribution in [1.29, 1.82) is 0 Å². The smallest absolute Gasteiger partial charge is 0.356 e. The van der Waals surface area contributed by atoms with Crippen LogP contribution in [0.4, 0.5) is 0 Å². The maximum atomic E-state index is 11.7. The summed E-state index contributed by atoms with van der Waals surface area (Å²) in [5.74, 6) is 1.61. The fraction of sp³-hybridized carbons (Fsp3) is 0.538. The molecule has 0 atom stereocenters. The zero-order valence-corrected chi connectivity index (χ0v) is 12.2. The Bertz CT molecular complexity index is 600. The van der Waals surface area contributed by atoms with Crippen LogP contribution in [0.15, 0.2) is 12.5 Å². The number of nitrogens with zero attached hydrogens (tertiary/aromatic N) is 5. The molecule has 0 radical (unpaired) electrons. The maximum Gasteiger partial charge on any atom is 0.356 e. The first kappa shape index (κ1) is 14.2. The van der Waals surface area contributed by atoms with Crippen molar-refractivity contribution in [1.82, 2.24) is 24.3 Å². The molecule has 0 aromatic carbocycles. The number of carbonyl (C=O) groups is 1. The number of hydrogen-bond donors (Lipinski definition) is 0. The first-order valence-electron chi connectivity index (χ1n) is 6.50. The number of esters is 1. The van der Waals surface area contributed by atoms with Gasteiger partial charge in [0.1, 0.15) is 23.7 Å². The minimum Gasteiger partial charge on any atom is -0.464 e. The van der Waals surface area contributed by atoms with Gasteiger partial charge < -0.3 is 9.30 Å². The summed E-state index contributed by atoms with van der Waals surface area (Å²) in [5, 5.41) is 4.22. The van der Waals surface area contributed by atoms with Gasteiger partial charge in [-0.2, -0.15) is 5.10 Å². The lowest BCUT2D eigenvalue weighted by molar-refractivity contribution is 0.0588. The molecule has 2 rings (SSSR count). The summed E-state index contributed by atoms with van der Waals surface area (Å²) >= 11 is 0. The van der Waals surface area contributed by atoms with E-state index in [-0.39, 0.29) is 0 Å². The molecule has 2 aromatic rings. The minimum absolute atomic E-state index is 0.402. The molecule has 0 aliphatic heterocycles. The fourth-order valence-corrected chi connectivity index (χ4v) is 1.99. The van der Waals surface area contributed by atoms with Crippen molar-refractivity contribution in [3.8, 4) is 0 Å². The van der Waals surface area contributed by atoms with Crippen molar-refractivity contribution >= 4 is 5.97 Å². The Morgan fingerprint density at radius 1 is 1.40 bits per heavy atom. The largest absolute Gasteiger partial charge is 0.464 e. The highest BCUT2D eigenvalue weighted by Crippen LogP contribution is 2.10. The zero-order valence-electron chi connectivity index (χ0n) is 12.2. The van der Waals surface area contributed by atoms with Gasteiger partial charge in [-0.15, -0.1) is 0 Å². The number of imidazole rings is 1. The Balaban J connectivity index is 2.28. The van der Waals surface area contributed by atoms with Gasteiger partial charge in [-0.3, -0.25) is 0 Å². The minimum atomic E-state index is -0.402. The zero-order chi connectivity index (χ0) is 14.7. The van der Waals surface area contributed by atoms with Gasteiger partial charge in [0, 0.05) is 6.54 Å². The van der Waals surface area contributed by atoms with Crippen molar-refractivity contribution in [3.05, 3.63) is 29.9 Å². The Morgan fingerprint density at radius 3 is 2.80 bits per heavy atom. The van der Waals surface area contributed by atoms with E-state index in [0.717, 1.165) is 18.2 Å². The third-order valence-corrected chi connectivity index (χ3v) is 2.98. The second-order valence-electron chi connectivity index (χ2n) is 5.02. The van der Waals surface area contributed by atoms with Crippen molar-refractivity contribution in [3.63, 3.8) is 0 Å². The number of carbonyl (C=O) groups excluding carboxylic acids is 1. The van der Waals surface area contributed by atoms with E-state index in [9.17, 15) is 4.79 Å². The Morgan fingerprint density at radius 2 is 2.15 bits per heavy atom. The third kappa shape index (κ3) is 2.87. The highest BCUT2D eigenvalue weighted by atomic mass is 16.5. The molecule has 7 nitrogen and oxygen atoms in total. The number of aromatic nitrogens is 5. The molecule has 0 amide bonds. The van der Waals surface area contributed by atoms with Crippen molar-refractivity contribution in [2.75, 3.05) is 7.11 Å². The SMILES string of the molecule is COC(=O)c1cnc(C)n1Cc1ncnn1CC(C)C. The Kier molecular flexibility index (Phi) is 4.16. The summed E-state index contributed by atoms with van der Waals surface area (Å²) < 4.78 is 8.40. The number of hydrogen-bond acceptors (Lipinski definition) is 5. The van der Waals surface area contributed by atoms with E-state index in [1.807, 2.05) is 11.6 Å². The van der Waals surface area contributed by atoms with Crippen LogP contribution in [-0.4, -0.2) is 37.4 Å². The molecule has 2 heterocycles. The lowest BCUT2D eigenvalue weighted by Crippen LogP contribution is -2.17. The molecule has 20 heavy (non-hydrogen) atoms. The summed E-state index contributed by atoms with van der Waals surface area (Å²) in [6.45, 7) is 7.32. The topological polar surface area (TPSA) is 74.8 Å². The van der Waals surface area contributed by atoms with E-state index in [0.29, 0.717) is 18.2 Å². The van der Waals surface area contributed by atoms with Crippen LogP contribution in [0.1, 0.15) is 36.0 Å². The average molecular weight is 277 g/mol. The first-order valence-corrected chi connectivity index (χ1v) is 6.50. The summed E-state index contributed by atoms with van der Waals surface area (Å²) in [6.07, 6.45) is 3.05. The molecule has 2 aromatic heterocycles. The Labute approximate surface area is 117 Å². The molecule has 0 aliphatic carbocycles. The predicted octanol–water partition coefficient (Wildman–Crippen LogP) is 1.27. The van der Waals surface area contributed by atoms with E-state index in [1.54, 1.807) is 4.57 Å². The lowest BCUT2D eigenvalue weighted by atomic mass is 10.2. The highest BCUT2D eigenvalue weighted by Gasteiger charge is 2.17. The molecule has 0 saturated heterocycles. The molecule has 0 bridgehead atoms. The van der Waals surface area contributed by atoms with Gasteiger partial charge in [0.05, 0.1) is 19.9 Å². The third-order valence-electron chi connectivity index (χ3n) is 2.98. The van der Waals surface area contributed by atoms with Crippen molar-refractivity contribution in [2.24, 2.45) is 5.92 Å². The summed E-state index contributed by atoms with van der Waals surface area (Å²) in [6, 6.07) is 0. The van der Waals surface area contributed by atoms with Crippen LogP contribution in [-0.2, 0) is 17.8 Å². The normalized spacial score (nSPS) is 11.1. The molecule has 0 fully saturated rings. The van der Waals surface area contributed by atoms with E-state index in [2.05, 4.69) is 28.9 Å². The van der Waals surface area contributed by atoms with Crippen LogP contribution >= 0.6 is 0 Å². The van der Waals surface area contributed by atoms with Gasteiger partial charge in [-0.25, -0.2) is 19.4 Å². The number of methoxy groups -OCH3 is 1. The molecule has 7 heteroatoms. The summed E-state index contributed by atoms with van der Waals surface area (Å²) in [5.41, 5.74) is 0.420. The van der Waals surface area contributed by atoms with Crippen LogP contribution in [0.25, 0.3) is 0 Å². The maximum absolute atomic E-state index is 11.7. The van der Waals surface area contributed by atoms with Gasteiger partial charge in [-0.1, -0.05) is 13.8 Å². The van der Waals surface area contributed by atoms with E-state index < -0.39 is 5.97 Å². The predicted molar refractivity (Wildman–Crippen MR) is 72.3 cm³/mol. The van der Waals surface area contributed by atoms with Crippen LogP contribution in [0.2, 0.25) is 0 Å². The molecular weight excluding hydrogens is 258 g/mol. The van der Waals surface area contributed by atoms with E-state index in [4.69, 9.17) is 4.74 Å². The highest BCUT2D eigenvalue weighted by molar-refractivity contribution is 5.87. The summed E-state index contributed by atoms with van der Waals surface area (Å²) in [4.78, 5) is 20.1. The molecule has 108 valence electrons. The van der Waals surface area contributed by atoms with Gasteiger partial charge in [0.2, 0.25) is 0 Å². The first-order chi connectivity index (χ1) is 9.52. The molecular formula is C13H19N5O2. The molecule has 0 aliphatic rings. The number of ether oxygens (including phenoxy) is 1. The van der Waals surface area contributed by atoms with Crippen LogP contribution < -0.4 is 0 Å². The van der Waals surface area contributed by atoms with Crippen LogP contribution in [0.3, 0.4) is 0 Å².